The van der Waals surface area contributed by atoms with E-state index < -0.39 is 0 Å². The minimum Gasteiger partial charge on any atom is -0.364 e. The number of thiazole rings is 1. The van der Waals surface area contributed by atoms with Gasteiger partial charge in [0, 0.05) is 10.9 Å². The molecule has 2 heterocycles. The number of hydrazine groups is 1. The maximum absolute atomic E-state index is 5.35. The van der Waals surface area contributed by atoms with Gasteiger partial charge in [-0.05, 0) is 13.8 Å². The SMILES string of the molecule is Cc1nc(CNc2ncnc(NN)c2C)cs1. The van der Waals surface area contributed by atoms with Crippen molar-refractivity contribution in [3.8, 4) is 0 Å². The van der Waals surface area contributed by atoms with Crippen LogP contribution in [-0.2, 0) is 6.54 Å². The summed E-state index contributed by atoms with van der Waals surface area (Å²) in [6.07, 6.45) is 1.47. The van der Waals surface area contributed by atoms with Gasteiger partial charge in [0.2, 0.25) is 0 Å². The third-order valence-electron chi connectivity index (χ3n) is 2.32. The highest BCUT2D eigenvalue weighted by atomic mass is 32.1. The smallest absolute Gasteiger partial charge is 0.148 e. The Hall–Kier alpha value is -1.73. The molecule has 0 spiro atoms. The third kappa shape index (κ3) is 2.69. The van der Waals surface area contributed by atoms with Crippen molar-refractivity contribution < 1.29 is 0 Å². The van der Waals surface area contributed by atoms with Crippen molar-refractivity contribution in [1.82, 2.24) is 15.0 Å². The van der Waals surface area contributed by atoms with E-state index in [0.29, 0.717) is 12.4 Å². The van der Waals surface area contributed by atoms with Crippen molar-refractivity contribution in [2.75, 3.05) is 10.7 Å². The van der Waals surface area contributed by atoms with Crippen LogP contribution in [0.2, 0.25) is 0 Å². The molecular formula is C10H14N6S. The Labute approximate surface area is 103 Å². The normalized spacial score (nSPS) is 10.3. The van der Waals surface area contributed by atoms with Gasteiger partial charge in [-0.2, -0.15) is 0 Å². The molecular weight excluding hydrogens is 236 g/mol. The molecule has 0 amide bonds. The predicted molar refractivity (Wildman–Crippen MR) is 68.8 cm³/mol. The van der Waals surface area contributed by atoms with Crippen LogP contribution in [0.25, 0.3) is 0 Å². The first-order valence-corrected chi connectivity index (χ1v) is 6.01. The standard InChI is InChI=1S/C10H14N6S/c1-6-9(13-5-14-10(6)16-11)12-3-8-4-17-7(2)15-8/h4-5H,3,11H2,1-2H3,(H2,12,13,14,16). The Kier molecular flexibility index (Phi) is 3.50. The fourth-order valence-electron chi connectivity index (χ4n) is 1.44. The summed E-state index contributed by atoms with van der Waals surface area (Å²) < 4.78 is 0. The van der Waals surface area contributed by atoms with Crippen molar-refractivity contribution >= 4 is 23.0 Å². The highest BCUT2D eigenvalue weighted by Gasteiger charge is 2.06. The molecule has 0 unspecified atom stereocenters. The zero-order valence-electron chi connectivity index (χ0n) is 9.69. The average molecular weight is 250 g/mol. The van der Waals surface area contributed by atoms with Crippen molar-refractivity contribution in [1.29, 1.82) is 0 Å². The van der Waals surface area contributed by atoms with Crippen LogP contribution in [0.1, 0.15) is 16.3 Å². The van der Waals surface area contributed by atoms with Crippen LogP contribution in [0.3, 0.4) is 0 Å². The molecule has 4 N–H and O–H groups in total. The molecule has 0 fully saturated rings. The second kappa shape index (κ2) is 5.07. The zero-order chi connectivity index (χ0) is 12.3. The molecule has 0 aliphatic carbocycles. The molecule has 0 aliphatic rings. The van der Waals surface area contributed by atoms with Crippen molar-refractivity contribution in [3.63, 3.8) is 0 Å². The van der Waals surface area contributed by atoms with E-state index in [-0.39, 0.29) is 0 Å². The van der Waals surface area contributed by atoms with Gasteiger partial charge in [-0.3, -0.25) is 0 Å². The van der Waals surface area contributed by atoms with Gasteiger partial charge >= 0.3 is 0 Å². The Morgan fingerprint density at radius 1 is 1.29 bits per heavy atom. The van der Waals surface area contributed by atoms with Gasteiger partial charge < -0.3 is 10.7 Å². The number of nitrogens with zero attached hydrogens (tertiary/aromatic N) is 3. The predicted octanol–water partition coefficient (Wildman–Crippen LogP) is 1.45. The molecule has 0 saturated heterocycles. The highest BCUT2D eigenvalue weighted by molar-refractivity contribution is 7.09. The van der Waals surface area contributed by atoms with Gasteiger partial charge in [0.05, 0.1) is 17.2 Å². The van der Waals surface area contributed by atoms with Gasteiger partial charge in [0.25, 0.3) is 0 Å². The minimum absolute atomic E-state index is 0.622. The second-order valence-corrected chi connectivity index (χ2v) is 4.61. The van der Waals surface area contributed by atoms with Gasteiger partial charge in [0.15, 0.2) is 0 Å². The number of anilines is 2. The minimum atomic E-state index is 0.622. The molecule has 0 bridgehead atoms. The molecule has 2 aromatic rings. The molecule has 6 nitrogen and oxygen atoms in total. The summed E-state index contributed by atoms with van der Waals surface area (Å²) >= 11 is 1.64. The lowest BCUT2D eigenvalue weighted by atomic mass is 10.3. The molecule has 2 aromatic heterocycles. The van der Waals surface area contributed by atoms with E-state index in [2.05, 4.69) is 25.7 Å². The monoisotopic (exact) mass is 250 g/mol. The lowest BCUT2D eigenvalue weighted by molar-refractivity contribution is 1.01. The number of nitrogen functional groups attached to an aromatic ring is 1. The number of rotatable bonds is 4. The average Bonchev–Trinajstić information content (AvgIpc) is 2.74. The van der Waals surface area contributed by atoms with E-state index in [1.54, 1.807) is 11.3 Å². The number of nitrogens with two attached hydrogens (primary N) is 1. The van der Waals surface area contributed by atoms with Crippen molar-refractivity contribution in [3.05, 3.63) is 28.0 Å². The maximum atomic E-state index is 5.35. The van der Waals surface area contributed by atoms with E-state index in [4.69, 9.17) is 5.84 Å². The largest absolute Gasteiger partial charge is 0.364 e. The van der Waals surface area contributed by atoms with Crippen LogP contribution in [0, 0.1) is 13.8 Å². The van der Waals surface area contributed by atoms with Crippen LogP contribution in [0.5, 0.6) is 0 Å². The van der Waals surface area contributed by atoms with E-state index in [1.165, 1.54) is 6.33 Å². The quantitative estimate of drug-likeness (QED) is 0.562. The third-order valence-corrected chi connectivity index (χ3v) is 3.15. The van der Waals surface area contributed by atoms with E-state index in [9.17, 15) is 0 Å². The van der Waals surface area contributed by atoms with Gasteiger partial charge in [-0.15, -0.1) is 11.3 Å². The van der Waals surface area contributed by atoms with Crippen LogP contribution < -0.4 is 16.6 Å². The van der Waals surface area contributed by atoms with E-state index in [0.717, 1.165) is 22.1 Å². The molecule has 0 saturated carbocycles. The summed E-state index contributed by atoms with van der Waals surface area (Å²) in [6.45, 7) is 4.54. The van der Waals surface area contributed by atoms with Crippen LogP contribution >= 0.6 is 11.3 Å². The summed E-state index contributed by atoms with van der Waals surface area (Å²) in [4.78, 5) is 12.6. The van der Waals surface area contributed by atoms with E-state index in [1.807, 2.05) is 19.2 Å². The first kappa shape index (κ1) is 11.7. The molecule has 90 valence electrons. The number of aromatic nitrogens is 3. The topological polar surface area (TPSA) is 88.8 Å². The van der Waals surface area contributed by atoms with Crippen LogP contribution in [0.15, 0.2) is 11.7 Å². The lowest BCUT2D eigenvalue weighted by Crippen LogP contribution is -2.12. The zero-order valence-corrected chi connectivity index (χ0v) is 10.5. The molecule has 0 aromatic carbocycles. The Morgan fingerprint density at radius 3 is 2.71 bits per heavy atom. The van der Waals surface area contributed by atoms with Gasteiger partial charge in [0.1, 0.15) is 18.0 Å². The van der Waals surface area contributed by atoms with Crippen LogP contribution in [0.4, 0.5) is 11.6 Å². The van der Waals surface area contributed by atoms with E-state index >= 15 is 0 Å². The fourth-order valence-corrected chi connectivity index (χ4v) is 2.05. The molecule has 0 aliphatic heterocycles. The first-order valence-electron chi connectivity index (χ1n) is 5.14. The number of nitrogens with one attached hydrogen (secondary N) is 2. The summed E-state index contributed by atoms with van der Waals surface area (Å²) in [5.74, 6) is 6.74. The first-order chi connectivity index (χ1) is 8.20. The molecule has 2 rings (SSSR count). The van der Waals surface area contributed by atoms with Crippen LogP contribution in [-0.4, -0.2) is 15.0 Å². The maximum Gasteiger partial charge on any atom is 0.148 e. The molecule has 0 radical (unpaired) electrons. The van der Waals surface area contributed by atoms with Crippen molar-refractivity contribution in [2.45, 2.75) is 20.4 Å². The highest BCUT2D eigenvalue weighted by Crippen LogP contribution is 2.18. The molecule has 0 atom stereocenters. The van der Waals surface area contributed by atoms with Gasteiger partial charge in [-0.1, -0.05) is 0 Å². The Bertz CT molecular complexity index is 509. The van der Waals surface area contributed by atoms with Gasteiger partial charge in [-0.25, -0.2) is 20.8 Å². The summed E-state index contributed by atoms with van der Waals surface area (Å²) in [6, 6.07) is 0. The second-order valence-electron chi connectivity index (χ2n) is 3.55. The lowest BCUT2D eigenvalue weighted by Gasteiger charge is -2.09. The van der Waals surface area contributed by atoms with Crippen molar-refractivity contribution in [2.24, 2.45) is 5.84 Å². The number of hydrogen-bond acceptors (Lipinski definition) is 7. The Balaban J connectivity index is 2.09. The number of aryl methyl sites for hydroxylation is 1. The molecule has 17 heavy (non-hydrogen) atoms. The molecule has 7 heteroatoms. The summed E-state index contributed by atoms with van der Waals surface area (Å²) in [5.41, 5.74) is 4.43. The summed E-state index contributed by atoms with van der Waals surface area (Å²) in [7, 11) is 0. The summed E-state index contributed by atoms with van der Waals surface area (Å²) in [5, 5.41) is 6.30. The fraction of sp³-hybridized carbons (Fsp3) is 0.300. The number of hydrogen-bond donors (Lipinski definition) is 3. The Morgan fingerprint density at radius 2 is 2.06 bits per heavy atom.